The van der Waals surface area contributed by atoms with Gasteiger partial charge in [-0.1, -0.05) is 18.2 Å². The molecule has 164 valence electrons. The van der Waals surface area contributed by atoms with Gasteiger partial charge in [-0.2, -0.15) is 4.98 Å². The van der Waals surface area contributed by atoms with Gasteiger partial charge in [-0.15, -0.1) is 0 Å². The van der Waals surface area contributed by atoms with Gasteiger partial charge >= 0.3 is 6.09 Å². The van der Waals surface area contributed by atoms with E-state index in [2.05, 4.69) is 15.3 Å². The van der Waals surface area contributed by atoms with E-state index in [4.69, 9.17) is 23.4 Å². The molecule has 0 saturated heterocycles. The molecule has 32 heavy (non-hydrogen) atoms. The van der Waals surface area contributed by atoms with Gasteiger partial charge in [-0.25, -0.2) is 9.78 Å². The largest absolute Gasteiger partial charge is 0.493 e. The minimum absolute atomic E-state index is 0.238. The molecule has 0 saturated carbocycles. The van der Waals surface area contributed by atoms with Gasteiger partial charge in [-0.05, 0) is 18.2 Å². The highest BCUT2D eigenvalue weighted by atomic mass is 16.6. The summed E-state index contributed by atoms with van der Waals surface area (Å²) in [5.41, 5.74) is 2.52. The highest BCUT2D eigenvalue weighted by molar-refractivity contribution is 5.77. The predicted molar refractivity (Wildman–Crippen MR) is 117 cm³/mol. The van der Waals surface area contributed by atoms with Crippen LogP contribution in [0.1, 0.15) is 12.3 Å². The Morgan fingerprint density at radius 1 is 1.06 bits per heavy atom. The second-order valence-corrected chi connectivity index (χ2v) is 6.67. The average Bonchev–Trinajstić information content (AvgIpc) is 3.11. The summed E-state index contributed by atoms with van der Waals surface area (Å²) in [7, 11) is 4.47. The third-order valence-electron chi connectivity index (χ3n) is 4.64. The minimum atomic E-state index is -0.667. The van der Waals surface area contributed by atoms with Crippen molar-refractivity contribution in [2.45, 2.75) is 6.42 Å². The number of pyridine rings is 1. The molecule has 0 bridgehead atoms. The fraction of sp³-hybridized carbons (Fsp3) is 0.174. The van der Waals surface area contributed by atoms with E-state index >= 15 is 0 Å². The van der Waals surface area contributed by atoms with Gasteiger partial charge in [0.15, 0.2) is 22.7 Å². The van der Waals surface area contributed by atoms with Gasteiger partial charge < -0.3 is 23.4 Å². The molecule has 0 radical (unpaired) electrons. The molecule has 3 aromatic rings. The van der Waals surface area contributed by atoms with Gasteiger partial charge in [0.25, 0.3) is 0 Å². The van der Waals surface area contributed by atoms with E-state index in [1.807, 2.05) is 18.2 Å². The number of nitrogens with one attached hydrogen (secondary N) is 1. The van der Waals surface area contributed by atoms with Crippen LogP contribution in [-0.4, -0.2) is 37.4 Å². The molecule has 0 spiro atoms. The standard InChI is InChI=1S/C23H21N3O6/c1-28-18-12-16(13-19(29-2)20(18)30-3)31-23(27)25-15-8-5-4-7-14(11-15)22-26-21-17(32-22)9-6-10-24-21/h4-10,12-13H,11H2,1-3H3,(H,25,27). The zero-order valence-corrected chi connectivity index (χ0v) is 17.7. The maximum Gasteiger partial charge on any atom is 0.416 e. The second kappa shape index (κ2) is 9.25. The number of nitrogens with zero attached hydrogens (tertiary/aromatic N) is 2. The molecule has 0 atom stereocenters. The molecule has 0 unspecified atom stereocenters. The number of benzene rings is 1. The molecule has 2 heterocycles. The highest BCUT2D eigenvalue weighted by Crippen LogP contribution is 2.40. The number of hydrogen-bond donors (Lipinski definition) is 1. The molecule has 9 heteroatoms. The van der Waals surface area contributed by atoms with Crippen LogP contribution in [0.4, 0.5) is 4.79 Å². The normalized spacial score (nSPS) is 13.1. The van der Waals surface area contributed by atoms with Gasteiger partial charge in [0.2, 0.25) is 11.6 Å². The molecule has 1 N–H and O–H groups in total. The SMILES string of the molecule is COc1cc(OC(=O)NC2=CC=CC=C(c3nc4ncccc4o3)C2)cc(OC)c1OC. The number of rotatable bonds is 6. The predicted octanol–water partition coefficient (Wildman–Crippen LogP) is 4.26. The molecule has 1 aliphatic rings. The highest BCUT2D eigenvalue weighted by Gasteiger charge is 2.18. The Balaban J connectivity index is 1.48. The molecule has 1 amide bonds. The van der Waals surface area contributed by atoms with E-state index < -0.39 is 6.09 Å². The lowest BCUT2D eigenvalue weighted by Gasteiger charge is -2.15. The maximum atomic E-state index is 12.6. The number of fused-ring (bicyclic) bond motifs is 1. The Kier molecular flexibility index (Phi) is 6.07. The van der Waals surface area contributed by atoms with Crippen molar-refractivity contribution in [3.63, 3.8) is 0 Å². The molecule has 1 aliphatic carbocycles. The lowest BCUT2D eigenvalue weighted by Crippen LogP contribution is -2.26. The van der Waals surface area contributed by atoms with Gasteiger partial charge in [0.1, 0.15) is 5.75 Å². The molecule has 9 nitrogen and oxygen atoms in total. The van der Waals surface area contributed by atoms with Crippen molar-refractivity contribution in [3.05, 3.63) is 66.4 Å². The summed E-state index contributed by atoms with van der Waals surface area (Å²) in [6, 6.07) is 6.67. The first-order valence-electron chi connectivity index (χ1n) is 9.68. The van der Waals surface area contributed by atoms with Crippen molar-refractivity contribution in [2.24, 2.45) is 0 Å². The Labute approximate surface area is 184 Å². The quantitative estimate of drug-likeness (QED) is 0.612. The van der Waals surface area contributed by atoms with E-state index in [1.165, 1.54) is 21.3 Å². The van der Waals surface area contributed by atoms with Crippen LogP contribution in [0.25, 0.3) is 16.8 Å². The lowest BCUT2D eigenvalue weighted by molar-refractivity contribution is 0.203. The number of carbonyl (C=O) groups excluding carboxylic acids is 1. The Hall–Kier alpha value is -4.27. The molecular weight excluding hydrogens is 414 g/mol. The first-order valence-corrected chi connectivity index (χ1v) is 9.68. The Bertz CT molecular complexity index is 1180. The van der Waals surface area contributed by atoms with Crippen LogP contribution in [0.15, 0.2) is 64.9 Å². The average molecular weight is 435 g/mol. The Morgan fingerprint density at radius 2 is 1.81 bits per heavy atom. The summed E-state index contributed by atoms with van der Waals surface area (Å²) in [6.45, 7) is 0. The van der Waals surface area contributed by atoms with Crippen molar-refractivity contribution in [3.8, 4) is 23.0 Å². The molecular formula is C23H21N3O6. The van der Waals surface area contributed by atoms with Crippen LogP contribution in [0.3, 0.4) is 0 Å². The molecule has 2 aromatic heterocycles. The summed E-state index contributed by atoms with van der Waals surface area (Å²) in [6.07, 6.45) is 8.67. The van der Waals surface area contributed by atoms with E-state index in [9.17, 15) is 4.79 Å². The number of oxazole rings is 1. The van der Waals surface area contributed by atoms with E-state index in [0.717, 1.165) is 5.57 Å². The Morgan fingerprint density at radius 3 is 2.50 bits per heavy atom. The fourth-order valence-corrected chi connectivity index (χ4v) is 3.19. The zero-order chi connectivity index (χ0) is 22.5. The topological polar surface area (TPSA) is 105 Å². The summed E-state index contributed by atoms with van der Waals surface area (Å²) >= 11 is 0. The van der Waals surface area contributed by atoms with Crippen molar-refractivity contribution in [1.29, 1.82) is 0 Å². The second-order valence-electron chi connectivity index (χ2n) is 6.67. The third-order valence-corrected chi connectivity index (χ3v) is 4.64. The summed E-state index contributed by atoms with van der Waals surface area (Å²) in [4.78, 5) is 21.2. The first-order chi connectivity index (χ1) is 15.6. The summed E-state index contributed by atoms with van der Waals surface area (Å²) < 4.78 is 27.1. The van der Waals surface area contributed by atoms with E-state index in [1.54, 1.807) is 36.5 Å². The van der Waals surface area contributed by atoms with Crippen LogP contribution < -0.4 is 24.3 Å². The van der Waals surface area contributed by atoms with Crippen molar-refractivity contribution in [1.82, 2.24) is 15.3 Å². The number of hydrogen-bond acceptors (Lipinski definition) is 8. The first kappa shape index (κ1) is 21.0. The zero-order valence-electron chi connectivity index (χ0n) is 17.7. The lowest BCUT2D eigenvalue weighted by atomic mass is 10.1. The monoisotopic (exact) mass is 435 g/mol. The van der Waals surface area contributed by atoms with Gasteiger partial charge in [0.05, 0.1) is 21.3 Å². The van der Waals surface area contributed by atoms with Crippen LogP contribution >= 0.6 is 0 Å². The van der Waals surface area contributed by atoms with Crippen LogP contribution in [-0.2, 0) is 0 Å². The number of allylic oxidation sites excluding steroid dienone is 5. The molecule has 4 rings (SSSR count). The number of ether oxygens (including phenoxy) is 4. The van der Waals surface area contributed by atoms with Crippen molar-refractivity contribution in [2.75, 3.05) is 21.3 Å². The fourth-order valence-electron chi connectivity index (χ4n) is 3.19. The minimum Gasteiger partial charge on any atom is -0.493 e. The van der Waals surface area contributed by atoms with Gasteiger partial charge in [-0.3, -0.25) is 5.32 Å². The third kappa shape index (κ3) is 4.41. The van der Waals surface area contributed by atoms with Crippen molar-refractivity contribution >= 4 is 22.9 Å². The van der Waals surface area contributed by atoms with Crippen LogP contribution in [0, 0.1) is 0 Å². The van der Waals surface area contributed by atoms with Crippen molar-refractivity contribution < 1.29 is 28.2 Å². The van der Waals surface area contributed by atoms with E-state index in [-0.39, 0.29) is 5.75 Å². The molecule has 0 fully saturated rings. The maximum absolute atomic E-state index is 12.6. The summed E-state index contributed by atoms with van der Waals surface area (Å²) in [5, 5.41) is 2.75. The smallest absolute Gasteiger partial charge is 0.416 e. The number of aromatic nitrogens is 2. The van der Waals surface area contributed by atoms with Gasteiger partial charge in [0, 0.05) is 36.0 Å². The molecule has 1 aromatic carbocycles. The number of methoxy groups -OCH3 is 3. The van der Waals surface area contributed by atoms with E-state index in [0.29, 0.717) is 46.5 Å². The number of amides is 1. The molecule has 0 aliphatic heterocycles. The van der Waals surface area contributed by atoms with Crippen LogP contribution in [0.5, 0.6) is 23.0 Å². The summed E-state index contributed by atoms with van der Waals surface area (Å²) in [5.74, 6) is 1.84. The van der Waals surface area contributed by atoms with Crippen LogP contribution in [0.2, 0.25) is 0 Å². The number of carbonyl (C=O) groups is 1.